The topological polar surface area (TPSA) is 87.8 Å². The number of nitrogen functional groups attached to an aromatic ring is 1. The summed E-state index contributed by atoms with van der Waals surface area (Å²) in [4.78, 5) is 24.1. The molecule has 0 saturated heterocycles. The van der Waals surface area contributed by atoms with Crippen molar-refractivity contribution < 1.29 is 23.8 Å². The van der Waals surface area contributed by atoms with E-state index in [1.54, 1.807) is 6.92 Å². The van der Waals surface area contributed by atoms with E-state index in [1.165, 1.54) is 18.4 Å². The van der Waals surface area contributed by atoms with E-state index in [9.17, 15) is 9.59 Å². The van der Waals surface area contributed by atoms with Gasteiger partial charge in [-0.2, -0.15) is 0 Å². The highest BCUT2D eigenvalue weighted by Gasteiger charge is 2.22. The van der Waals surface area contributed by atoms with Gasteiger partial charge in [0.2, 0.25) is 0 Å². The van der Waals surface area contributed by atoms with Crippen molar-refractivity contribution in [2.75, 3.05) is 26.1 Å². The first-order chi connectivity index (χ1) is 13.0. The minimum absolute atomic E-state index is 0.265. The van der Waals surface area contributed by atoms with Gasteiger partial charge in [-0.3, -0.25) is 0 Å². The monoisotopic (exact) mass is 385 g/mol. The lowest BCUT2D eigenvalue weighted by Crippen LogP contribution is -2.15. The molecule has 0 bridgehead atoms. The Hall–Kier alpha value is -3.06. The number of anilines is 1. The summed E-state index contributed by atoms with van der Waals surface area (Å²) in [6, 6.07) is 13.3. The van der Waals surface area contributed by atoms with Crippen molar-refractivity contribution in [2.24, 2.45) is 0 Å². The SMILES string of the molecule is CCOC(=O)COc1c(C(=O)OC)sc2cc(-c3ccc(N)cc3)ccc12. The summed E-state index contributed by atoms with van der Waals surface area (Å²) in [5, 5.41) is 0.740. The largest absolute Gasteiger partial charge is 0.479 e. The van der Waals surface area contributed by atoms with Crippen LogP contribution < -0.4 is 10.5 Å². The lowest BCUT2D eigenvalue weighted by atomic mass is 10.0. The van der Waals surface area contributed by atoms with Gasteiger partial charge >= 0.3 is 11.9 Å². The third-order valence-electron chi connectivity index (χ3n) is 3.90. The van der Waals surface area contributed by atoms with Crippen LogP contribution in [-0.2, 0) is 14.3 Å². The third kappa shape index (κ3) is 4.03. The quantitative estimate of drug-likeness (QED) is 0.512. The van der Waals surface area contributed by atoms with E-state index in [0.717, 1.165) is 21.2 Å². The fourth-order valence-electron chi connectivity index (χ4n) is 2.63. The van der Waals surface area contributed by atoms with E-state index in [1.807, 2.05) is 42.5 Å². The number of hydrogen-bond acceptors (Lipinski definition) is 7. The van der Waals surface area contributed by atoms with Crippen molar-refractivity contribution >= 4 is 39.0 Å². The molecular formula is C20H19NO5S. The molecule has 0 spiro atoms. The van der Waals surface area contributed by atoms with Crippen LogP contribution in [-0.4, -0.2) is 32.3 Å². The highest BCUT2D eigenvalue weighted by molar-refractivity contribution is 7.21. The first-order valence-corrected chi connectivity index (χ1v) is 9.14. The predicted octanol–water partition coefficient (Wildman–Crippen LogP) is 3.88. The highest BCUT2D eigenvalue weighted by atomic mass is 32.1. The molecule has 1 aromatic heterocycles. The minimum Gasteiger partial charge on any atom is -0.479 e. The molecule has 0 aliphatic heterocycles. The Labute approximate surface area is 160 Å². The molecular weight excluding hydrogens is 366 g/mol. The first kappa shape index (κ1) is 18.7. The zero-order valence-corrected chi connectivity index (χ0v) is 15.8. The van der Waals surface area contributed by atoms with Crippen molar-refractivity contribution in [1.29, 1.82) is 0 Å². The van der Waals surface area contributed by atoms with Crippen LogP contribution in [0.1, 0.15) is 16.6 Å². The molecule has 27 heavy (non-hydrogen) atoms. The van der Waals surface area contributed by atoms with E-state index in [2.05, 4.69) is 0 Å². The van der Waals surface area contributed by atoms with Crippen LogP contribution in [0.15, 0.2) is 42.5 Å². The van der Waals surface area contributed by atoms with Crippen molar-refractivity contribution in [1.82, 2.24) is 0 Å². The Morgan fingerprint density at radius 3 is 2.44 bits per heavy atom. The van der Waals surface area contributed by atoms with Crippen LogP contribution in [0.2, 0.25) is 0 Å². The standard InChI is InChI=1S/C20H19NO5S/c1-3-25-17(22)11-26-18-15-9-6-13(12-4-7-14(21)8-5-12)10-16(15)27-19(18)20(23)24-2/h4-10H,3,11,21H2,1-2H3. The minimum atomic E-state index is -0.510. The molecule has 1 heterocycles. The number of fused-ring (bicyclic) bond motifs is 1. The van der Waals surface area contributed by atoms with Gasteiger partial charge in [0.15, 0.2) is 17.2 Å². The molecule has 0 atom stereocenters. The number of methoxy groups -OCH3 is 1. The summed E-state index contributed by atoms with van der Waals surface area (Å²) in [5.74, 6) is -0.672. The fraction of sp³-hybridized carbons (Fsp3) is 0.200. The van der Waals surface area contributed by atoms with Crippen LogP contribution in [0.4, 0.5) is 5.69 Å². The van der Waals surface area contributed by atoms with Crippen LogP contribution in [0.5, 0.6) is 5.75 Å². The first-order valence-electron chi connectivity index (χ1n) is 8.32. The molecule has 0 fully saturated rings. The van der Waals surface area contributed by atoms with Gasteiger partial charge in [-0.25, -0.2) is 9.59 Å². The Kier molecular flexibility index (Phi) is 5.61. The molecule has 7 heteroatoms. The van der Waals surface area contributed by atoms with Gasteiger partial charge in [-0.15, -0.1) is 11.3 Å². The number of rotatable bonds is 6. The molecule has 0 unspecified atom stereocenters. The van der Waals surface area contributed by atoms with Crippen LogP contribution in [0.25, 0.3) is 21.2 Å². The third-order valence-corrected chi connectivity index (χ3v) is 5.01. The average molecular weight is 385 g/mol. The number of benzene rings is 2. The molecule has 0 amide bonds. The van der Waals surface area contributed by atoms with Gasteiger partial charge in [0.1, 0.15) is 0 Å². The van der Waals surface area contributed by atoms with Crippen molar-refractivity contribution in [3.05, 3.63) is 47.3 Å². The van der Waals surface area contributed by atoms with Gasteiger partial charge < -0.3 is 19.9 Å². The number of carbonyl (C=O) groups is 2. The van der Waals surface area contributed by atoms with Gasteiger partial charge in [0.05, 0.1) is 13.7 Å². The summed E-state index contributed by atoms with van der Waals surface area (Å²) >= 11 is 1.26. The molecule has 0 aliphatic carbocycles. The van der Waals surface area contributed by atoms with Crippen molar-refractivity contribution in [3.63, 3.8) is 0 Å². The molecule has 0 aliphatic rings. The molecule has 3 rings (SSSR count). The van der Waals surface area contributed by atoms with E-state index in [4.69, 9.17) is 19.9 Å². The molecule has 140 valence electrons. The summed E-state index contributed by atoms with van der Waals surface area (Å²) in [6.07, 6.45) is 0. The van der Waals surface area contributed by atoms with Crippen LogP contribution in [0, 0.1) is 0 Å². The number of nitrogens with two attached hydrogens (primary N) is 1. The van der Waals surface area contributed by atoms with Gasteiger partial charge in [-0.1, -0.05) is 18.2 Å². The van der Waals surface area contributed by atoms with E-state index < -0.39 is 11.9 Å². The molecule has 0 radical (unpaired) electrons. The lowest BCUT2D eigenvalue weighted by molar-refractivity contribution is -0.145. The van der Waals surface area contributed by atoms with E-state index in [0.29, 0.717) is 16.3 Å². The Morgan fingerprint density at radius 1 is 1.07 bits per heavy atom. The molecule has 0 saturated carbocycles. The van der Waals surface area contributed by atoms with Gasteiger partial charge in [0, 0.05) is 15.8 Å². The number of thiophene rings is 1. The fourth-order valence-corrected chi connectivity index (χ4v) is 3.74. The Bertz CT molecular complexity index is 978. The molecule has 2 aromatic carbocycles. The maximum atomic E-state index is 12.1. The zero-order chi connectivity index (χ0) is 19.4. The van der Waals surface area contributed by atoms with Crippen LogP contribution >= 0.6 is 11.3 Å². The molecule has 2 N–H and O–H groups in total. The smallest absolute Gasteiger partial charge is 0.351 e. The number of esters is 2. The molecule has 3 aromatic rings. The second kappa shape index (κ2) is 8.09. The van der Waals surface area contributed by atoms with E-state index >= 15 is 0 Å². The zero-order valence-electron chi connectivity index (χ0n) is 15.0. The predicted molar refractivity (Wildman–Crippen MR) is 105 cm³/mol. The number of hydrogen-bond donors (Lipinski definition) is 1. The van der Waals surface area contributed by atoms with Crippen LogP contribution in [0.3, 0.4) is 0 Å². The normalized spacial score (nSPS) is 10.6. The van der Waals surface area contributed by atoms with Crippen molar-refractivity contribution in [3.8, 4) is 16.9 Å². The lowest BCUT2D eigenvalue weighted by Gasteiger charge is -2.07. The maximum Gasteiger partial charge on any atom is 0.351 e. The van der Waals surface area contributed by atoms with Crippen molar-refractivity contribution in [2.45, 2.75) is 6.92 Å². The van der Waals surface area contributed by atoms with E-state index in [-0.39, 0.29) is 13.2 Å². The van der Waals surface area contributed by atoms with Gasteiger partial charge in [-0.05, 0) is 42.3 Å². The highest BCUT2D eigenvalue weighted by Crippen LogP contribution is 2.40. The average Bonchev–Trinajstić information content (AvgIpc) is 3.04. The second-order valence-corrected chi connectivity index (χ2v) is 6.73. The Balaban J connectivity index is 2.00. The Morgan fingerprint density at radius 2 is 1.78 bits per heavy atom. The van der Waals surface area contributed by atoms with Gasteiger partial charge in [0.25, 0.3) is 0 Å². The summed E-state index contributed by atoms with van der Waals surface area (Å²) in [6.45, 7) is 1.71. The summed E-state index contributed by atoms with van der Waals surface area (Å²) in [7, 11) is 1.31. The summed E-state index contributed by atoms with van der Waals surface area (Å²) in [5.41, 5.74) is 8.43. The second-order valence-electron chi connectivity index (χ2n) is 5.68. The summed E-state index contributed by atoms with van der Waals surface area (Å²) < 4.78 is 16.2. The number of ether oxygens (including phenoxy) is 3. The molecule has 6 nitrogen and oxygen atoms in total. The number of carbonyl (C=O) groups excluding carboxylic acids is 2. The maximum absolute atomic E-state index is 12.1.